The fraction of sp³-hybridized carbons (Fsp3) is 0.400. The lowest BCUT2D eigenvalue weighted by Gasteiger charge is -2.17. The van der Waals surface area contributed by atoms with E-state index in [1.54, 1.807) is 6.07 Å². The van der Waals surface area contributed by atoms with Crippen molar-refractivity contribution in [2.24, 2.45) is 11.8 Å². The quantitative estimate of drug-likeness (QED) is 0.891. The molecule has 1 aromatic heterocycles. The molecule has 20 heavy (non-hydrogen) atoms. The average molecular weight is 295 g/mol. The first-order valence-electron chi connectivity index (χ1n) is 6.75. The summed E-state index contributed by atoms with van der Waals surface area (Å²) < 4.78 is 26.3. The number of fused-ring (bicyclic) bond motifs is 2. The Morgan fingerprint density at radius 1 is 1.15 bits per heavy atom. The zero-order valence-electron chi connectivity index (χ0n) is 10.6. The lowest BCUT2D eigenvalue weighted by Crippen LogP contribution is -2.21. The monoisotopic (exact) mass is 294 g/mol. The molecule has 2 fully saturated rings. The molecule has 0 spiro atoms. The number of rotatable bonds is 2. The van der Waals surface area contributed by atoms with Gasteiger partial charge in [-0.15, -0.1) is 0 Å². The minimum atomic E-state index is -2.42. The summed E-state index contributed by atoms with van der Waals surface area (Å²) in [5, 5.41) is 4.84. The Hall–Kier alpha value is -1.42. The van der Waals surface area contributed by atoms with Gasteiger partial charge in [0.2, 0.25) is 0 Å². The molecule has 2 saturated carbocycles. The number of nitrogens with one attached hydrogen (secondary N) is 1. The maximum Gasteiger partial charge on any atom is 0.254 e. The van der Waals surface area contributed by atoms with Gasteiger partial charge in [0.15, 0.2) is 0 Å². The van der Waals surface area contributed by atoms with Gasteiger partial charge in [0.05, 0.1) is 10.5 Å². The van der Waals surface area contributed by atoms with Crippen LogP contribution in [0.4, 0.5) is 14.6 Å². The largest absolute Gasteiger partial charge is 0.367 e. The smallest absolute Gasteiger partial charge is 0.254 e. The van der Waals surface area contributed by atoms with Gasteiger partial charge in [-0.2, -0.15) is 0 Å². The third-order valence-corrected chi connectivity index (χ3v) is 4.77. The molecule has 2 nitrogen and oxygen atoms in total. The Kier molecular flexibility index (Phi) is 2.49. The molecule has 5 heteroatoms. The van der Waals surface area contributed by atoms with E-state index < -0.39 is 17.8 Å². The van der Waals surface area contributed by atoms with Crippen molar-refractivity contribution in [3.05, 3.63) is 35.4 Å². The number of para-hydroxylation sites is 1. The first-order chi connectivity index (χ1) is 9.55. The Bertz CT molecular complexity index is 675. The molecule has 4 rings (SSSR count). The van der Waals surface area contributed by atoms with Crippen LogP contribution in [0.1, 0.15) is 12.8 Å². The standard InChI is InChI=1S/C15H13ClF2N2/c16-12-3-1-2-8-4-5-13(20-14(8)12)19-9-6-10-11(7-9)15(10,17)18/h1-5,9-11H,6-7H2,(H,19,20). The van der Waals surface area contributed by atoms with Crippen LogP contribution in [0.3, 0.4) is 0 Å². The molecule has 2 aromatic rings. The fourth-order valence-electron chi connectivity index (χ4n) is 3.33. The van der Waals surface area contributed by atoms with Crippen LogP contribution in [0.5, 0.6) is 0 Å². The van der Waals surface area contributed by atoms with E-state index >= 15 is 0 Å². The van der Waals surface area contributed by atoms with Gasteiger partial charge in [0, 0.05) is 23.3 Å². The normalized spacial score (nSPS) is 30.2. The summed E-state index contributed by atoms with van der Waals surface area (Å²) in [5.41, 5.74) is 0.743. The van der Waals surface area contributed by atoms with Gasteiger partial charge in [-0.1, -0.05) is 23.7 Å². The van der Waals surface area contributed by atoms with Crippen molar-refractivity contribution in [3.8, 4) is 0 Å². The summed E-state index contributed by atoms with van der Waals surface area (Å²) >= 11 is 6.12. The van der Waals surface area contributed by atoms with Crippen LogP contribution >= 0.6 is 11.6 Å². The number of nitrogens with zero attached hydrogens (tertiary/aromatic N) is 1. The Morgan fingerprint density at radius 3 is 2.65 bits per heavy atom. The second kappa shape index (κ2) is 4.04. The Balaban J connectivity index is 1.54. The third kappa shape index (κ3) is 1.78. The van der Waals surface area contributed by atoms with Crippen LogP contribution in [0.15, 0.2) is 30.3 Å². The summed E-state index contributed by atoms with van der Waals surface area (Å²) in [6, 6.07) is 9.54. The molecule has 1 heterocycles. The summed E-state index contributed by atoms with van der Waals surface area (Å²) in [4.78, 5) is 4.48. The predicted octanol–water partition coefficient (Wildman–Crippen LogP) is 4.34. The van der Waals surface area contributed by atoms with Gasteiger partial charge >= 0.3 is 0 Å². The van der Waals surface area contributed by atoms with E-state index in [0.29, 0.717) is 23.7 Å². The molecule has 2 unspecified atom stereocenters. The van der Waals surface area contributed by atoms with Gasteiger partial charge in [-0.25, -0.2) is 13.8 Å². The predicted molar refractivity (Wildman–Crippen MR) is 75.3 cm³/mol. The molecule has 0 saturated heterocycles. The molecule has 1 N–H and O–H groups in total. The number of hydrogen-bond donors (Lipinski definition) is 1. The maximum atomic E-state index is 13.2. The molecule has 2 aliphatic rings. The average Bonchev–Trinajstić information content (AvgIpc) is 2.78. The summed E-state index contributed by atoms with van der Waals surface area (Å²) in [5.74, 6) is -2.56. The van der Waals surface area contributed by atoms with E-state index in [1.807, 2.05) is 24.3 Å². The molecule has 0 radical (unpaired) electrons. The van der Waals surface area contributed by atoms with Crippen LogP contribution in [0.25, 0.3) is 10.9 Å². The van der Waals surface area contributed by atoms with Crippen LogP contribution in [-0.2, 0) is 0 Å². The highest BCUT2D eigenvalue weighted by Crippen LogP contribution is 2.64. The Morgan fingerprint density at radius 2 is 1.90 bits per heavy atom. The molecule has 0 amide bonds. The highest BCUT2D eigenvalue weighted by molar-refractivity contribution is 6.35. The molecule has 2 atom stereocenters. The van der Waals surface area contributed by atoms with Crippen LogP contribution in [-0.4, -0.2) is 16.9 Å². The first kappa shape index (κ1) is 12.3. The maximum absolute atomic E-state index is 13.2. The SMILES string of the molecule is FC1(F)C2CC(Nc3ccc4cccc(Cl)c4n3)CC21. The number of pyridine rings is 1. The van der Waals surface area contributed by atoms with Crippen LogP contribution in [0, 0.1) is 11.8 Å². The molecular weight excluding hydrogens is 282 g/mol. The zero-order chi connectivity index (χ0) is 13.9. The van der Waals surface area contributed by atoms with Crippen molar-refractivity contribution in [2.45, 2.75) is 24.8 Å². The minimum Gasteiger partial charge on any atom is -0.367 e. The van der Waals surface area contributed by atoms with Crippen molar-refractivity contribution in [3.63, 3.8) is 0 Å². The molecular formula is C15H13ClF2N2. The summed E-state index contributed by atoms with van der Waals surface area (Å²) in [6.07, 6.45) is 1.06. The van der Waals surface area contributed by atoms with Crippen molar-refractivity contribution in [2.75, 3.05) is 5.32 Å². The molecule has 0 aliphatic heterocycles. The highest BCUT2D eigenvalue weighted by atomic mass is 35.5. The number of halogens is 3. The second-order valence-corrected chi connectivity index (χ2v) is 6.12. The van der Waals surface area contributed by atoms with E-state index in [2.05, 4.69) is 10.3 Å². The van der Waals surface area contributed by atoms with Gasteiger partial charge in [0.25, 0.3) is 5.92 Å². The number of anilines is 1. The Labute approximate surface area is 120 Å². The lowest BCUT2D eigenvalue weighted by atomic mass is 10.1. The van der Waals surface area contributed by atoms with Crippen LogP contribution < -0.4 is 5.32 Å². The van der Waals surface area contributed by atoms with E-state index in [4.69, 9.17) is 11.6 Å². The topological polar surface area (TPSA) is 24.9 Å². The molecule has 1 aromatic carbocycles. The van der Waals surface area contributed by atoms with Gasteiger partial charge in [0.1, 0.15) is 5.82 Å². The van der Waals surface area contributed by atoms with E-state index in [1.165, 1.54) is 0 Å². The second-order valence-electron chi connectivity index (χ2n) is 5.71. The van der Waals surface area contributed by atoms with Gasteiger partial charge in [-0.05, 0) is 31.0 Å². The highest BCUT2D eigenvalue weighted by Gasteiger charge is 2.71. The third-order valence-electron chi connectivity index (χ3n) is 4.47. The number of hydrogen-bond acceptors (Lipinski definition) is 2. The fourth-order valence-corrected chi connectivity index (χ4v) is 3.56. The van der Waals surface area contributed by atoms with Gasteiger partial charge < -0.3 is 5.32 Å². The van der Waals surface area contributed by atoms with E-state index in [0.717, 1.165) is 10.9 Å². The van der Waals surface area contributed by atoms with E-state index in [-0.39, 0.29) is 6.04 Å². The van der Waals surface area contributed by atoms with Crippen LogP contribution in [0.2, 0.25) is 5.02 Å². The van der Waals surface area contributed by atoms with Crippen molar-refractivity contribution >= 4 is 28.3 Å². The zero-order valence-corrected chi connectivity index (χ0v) is 11.4. The molecule has 2 aliphatic carbocycles. The van der Waals surface area contributed by atoms with Gasteiger partial charge in [-0.3, -0.25) is 0 Å². The number of alkyl halides is 2. The number of aromatic nitrogens is 1. The first-order valence-corrected chi connectivity index (χ1v) is 7.13. The molecule has 0 bridgehead atoms. The molecule has 104 valence electrons. The lowest BCUT2D eigenvalue weighted by molar-refractivity contribution is 0.0710. The summed E-state index contributed by atoms with van der Waals surface area (Å²) in [6.45, 7) is 0. The minimum absolute atomic E-state index is 0.0945. The van der Waals surface area contributed by atoms with Crippen molar-refractivity contribution < 1.29 is 8.78 Å². The van der Waals surface area contributed by atoms with E-state index in [9.17, 15) is 8.78 Å². The summed E-state index contributed by atoms with van der Waals surface area (Å²) in [7, 11) is 0. The van der Waals surface area contributed by atoms with Crippen molar-refractivity contribution in [1.82, 2.24) is 4.98 Å². The van der Waals surface area contributed by atoms with Crippen molar-refractivity contribution in [1.29, 1.82) is 0 Å². The number of benzene rings is 1.